The van der Waals surface area contributed by atoms with Crippen LogP contribution in [0.4, 0.5) is 14.9 Å². The smallest absolute Gasteiger partial charge is 0.411 e. The Kier molecular flexibility index (Phi) is 7.94. The fourth-order valence-corrected chi connectivity index (χ4v) is 6.04. The molecule has 3 aliphatic rings. The van der Waals surface area contributed by atoms with Crippen LogP contribution in [0.15, 0.2) is 18.2 Å². The number of nitriles is 1. The predicted octanol–water partition coefficient (Wildman–Crippen LogP) is 4.09. The summed E-state index contributed by atoms with van der Waals surface area (Å²) in [6, 6.07) is 5.63. The highest BCUT2D eigenvalue weighted by Gasteiger charge is 2.52. The molecule has 208 valence electrons. The number of hydrogen-bond donors (Lipinski definition) is 1. The zero-order valence-electron chi connectivity index (χ0n) is 23.6. The number of ether oxygens (including phenoxy) is 1. The summed E-state index contributed by atoms with van der Waals surface area (Å²) in [5.74, 6) is -0.712. The van der Waals surface area contributed by atoms with E-state index in [9.17, 15) is 14.9 Å². The number of piperazine rings is 1. The van der Waals surface area contributed by atoms with Crippen molar-refractivity contribution in [2.24, 2.45) is 5.92 Å². The standard InChI is InChI=1S/C29H42FN5O3/c1-28(2,3)34-13-11-33(12-14-34)22-9-7-19(24(30)17-22)15-21(18-31)32-26(36)25-20-8-10-23(16-20)35(25)27(37)38-29(4,5)6/h7,9,17,20-21,23,25H,8,10-16H2,1-6H3,(H,32,36)/t20-,21-,23+,25-/m0/s1. The molecule has 1 N–H and O–H groups in total. The molecular weight excluding hydrogens is 485 g/mol. The lowest BCUT2D eigenvalue weighted by Crippen LogP contribution is -2.55. The highest BCUT2D eigenvalue weighted by molar-refractivity contribution is 5.87. The number of anilines is 1. The van der Waals surface area contributed by atoms with E-state index >= 15 is 4.39 Å². The normalized spacial score (nSPS) is 24.7. The summed E-state index contributed by atoms with van der Waals surface area (Å²) in [6.07, 6.45) is 2.02. The summed E-state index contributed by atoms with van der Waals surface area (Å²) >= 11 is 0. The number of benzene rings is 1. The van der Waals surface area contributed by atoms with E-state index in [4.69, 9.17) is 4.74 Å². The first-order valence-corrected chi connectivity index (χ1v) is 13.8. The lowest BCUT2D eigenvalue weighted by Gasteiger charge is -2.43. The molecule has 2 aliphatic heterocycles. The van der Waals surface area contributed by atoms with Crippen LogP contribution in [0.25, 0.3) is 0 Å². The van der Waals surface area contributed by atoms with Gasteiger partial charge in [-0.15, -0.1) is 0 Å². The van der Waals surface area contributed by atoms with Gasteiger partial charge in [0.05, 0.1) is 6.07 Å². The summed E-state index contributed by atoms with van der Waals surface area (Å²) in [4.78, 5) is 32.3. The van der Waals surface area contributed by atoms with Crippen LogP contribution in [0.3, 0.4) is 0 Å². The molecule has 8 nitrogen and oxygen atoms in total. The molecule has 38 heavy (non-hydrogen) atoms. The number of nitrogens with zero attached hydrogens (tertiary/aromatic N) is 4. The molecule has 0 radical (unpaired) electrons. The molecule has 0 spiro atoms. The number of nitrogens with one attached hydrogen (secondary N) is 1. The van der Waals surface area contributed by atoms with Gasteiger partial charge < -0.3 is 15.0 Å². The Morgan fingerprint density at radius 3 is 2.39 bits per heavy atom. The molecule has 0 aromatic heterocycles. The van der Waals surface area contributed by atoms with E-state index in [1.807, 2.05) is 6.07 Å². The molecule has 3 fully saturated rings. The van der Waals surface area contributed by atoms with E-state index in [1.165, 1.54) is 6.07 Å². The molecule has 4 rings (SSSR count). The second kappa shape index (κ2) is 10.7. The predicted molar refractivity (Wildman–Crippen MR) is 144 cm³/mol. The minimum Gasteiger partial charge on any atom is -0.444 e. The molecule has 0 unspecified atom stereocenters. The Labute approximate surface area is 226 Å². The maximum absolute atomic E-state index is 15.1. The lowest BCUT2D eigenvalue weighted by atomic mass is 9.97. The van der Waals surface area contributed by atoms with Crippen molar-refractivity contribution < 1.29 is 18.7 Å². The minimum atomic E-state index is -0.905. The Balaban J connectivity index is 1.39. The number of halogens is 1. The molecule has 2 bridgehead atoms. The topological polar surface area (TPSA) is 88.9 Å². The second-order valence-electron chi connectivity index (χ2n) is 12.9. The van der Waals surface area contributed by atoms with Gasteiger partial charge >= 0.3 is 6.09 Å². The van der Waals surface area contributed by atoms with Crippen LogP contribution < -0.4 is 10.2 Å². The quantitative estimate of drug-likeness (QED) is 0.621. The van der Waals surface area contributed by atoms with Crippen molar-refractivity contribution in [3.05, 3.63) is 29.6 Å². The van der Waals surface area contributed by atoms with Gasteiger partial charge in [0, 0.05) is 49.9 Å². The van der Waals surface area contributed by atoms with Crippen LogP contribution in [-0.4, -0.2) is 77.2 Å². The molecule has 2 saturated heterocycles. The van der Waals surface area contributed by atoms with Crippen LogP contribution in [0.5, 0.6) is 0 Å². The van der Waals surface area contributed by atoms with Crippen molar-refractivity contribution in [2.75, 3.05) is 31.1 Å². The summed E-state index contributed by atoms with van der Waals surface area (Å²) in [5.41, 5.74) is 0.650. The van der Waals surface area contributed by atoms with Crippen molar-refractivity contribution >= 4 is 17.7 Å². The van der Waals surface area contributed by atoms with Crippen LogP contribution in [-0.2, 0) is 16.0 Å². The van der Waals surface area contributed by atoms with E-state index < -0.39 is 23.8 Å². The Morgan fingerprint density at radius 2 is 1.82 bits per heavy atom. The van der Waals surface area contributed by atoms with E-state index in [0.717, 1.165) is 51.1 Å². The Morgan fingerprint density at radius 1 is 1.13 bits per heavy atom. The number of carbonyl (C=O) groups is 2. The minimum absolute atomic E-state index is 0.0265. The lowest BCUT2D eigenvalue weighted by molar-refractivity contribution is -0.128. The molecule has 9 heteroatoms. The van der Waals surface area contributed by atoms with E-state index in [0.29, 0.717) is 5.56 Å². The average Bonchev–Trinajstić information content (AvgIpc) is 3.45. The van der Waals surface area contributed by atoms with Gasteiger partial charge in [-0.25, -0.2) is 9.18 Å². The first kappa shape index (κ1) is 28.2. The first-order chi connectivity index (χ1) is 17.8. The van der Waals surface area contributed by atoms with Crippen molar-refractivity contribution in [2.45, 2.75) is 96.5 Å². The largest absolute Gasteiger partial charge is 0.444 e. The molecule has 2 heterocycles. The molecule has 1 saturated carbocycles. The van der Waals surface area contributed by atoms with Crippen LogP contribution >= 0.6 is 0 Å². The van der Waals surface area contributed by atoms with Gasteiger partial charge in [0.25, 0.3) is 0 Å². The van der Waals surface area contributed by atoms with Crippen molar-refractivity contribution in [3.8, 4) is 6.07 Å². The maximum atomic E-state index is 15.1. The van der Waals surface area contributed by atoms with Crippen molar-refractivity contribution in [1.82, 2.24) is 15.1 Å². The van der Waals surface area contributed by atoms with E-state index in [-0.39, 0.29) is 35.6 Å². The Bertz CT molecular complexity index is 1080. The van der Waals surface area contributed by atoms with Crippen LogP contribution in [0, 0.1) is 23.1 Å². The third-order valence-electron chi connectivity index (χ3n) is 7.98. The van der Waals surface area contributed by atoms with Crippen molar-refractivity contribution in [1.29, 1.82) is 5.26 Å². The van der Waals surface area contributed by atoms with E-state index in [1.54, 1.807) is 31.7 Å². The van der Waals surface area contributed by atoms with Crippen LogP contribution in [0.2, 0.25) is 0 Å². The number of piperidine rings is 1. The first-order valence-electron chi connectivity index (χ1n) is 13.8. The van der Waals surface area contributed by atoms with Gasteiger partial charge in [-0.3, -0.25) is 14.6 Å². The molecule has 1 aromatic rings. The Hall–Kier alpha value is -2.86. The zero-order chi connectivity index (χ0) is 27.8. The molecule has 2 amide bonds. The number of rotatable bonds is 5. The van der Waals surface area contributed by atoms with Crippen molar-refractivity contribution in [3.63, 3.8) is 0 Å². The van der Waals surface area contributed by atoms with Gasteiger partial charge in [0.15, 0.2) is 0 Å². The van der Waals surface area contributed by atoms with Crippen LogP contribution in [0.1, 0.15) is 66.4 Å². The molecular formula is C29H42FN5O3. The zero-order valence-corrected chi connectivity index (χ0v) is 23.6. The van der Waals surface area contributed by atoms with Gasteiger partial charge in [-0.1, -0.05) is 6.07 Å². The number of likely N-dealkylation sites (tertiary alicyclic amines) is 1. The molecule has 4 atom stereocenters. The highest BCUT2D eigenvalue weighted by atomic mass is 19.1. The third-order valence-corrected chi connectivity index (χ3v) is 7.98. The highest BCUT2D eigenvalue weighted by Crippen LogP contribution is 2.43. The van der Waals surface area contributed by atoms with Gasteiger partial charge in [0.1, 0.15) is 23.5 Å². The van der Waals surface area contributed by atoms with Gasteiger partial charge in [-0.05, 0) is 84.4 Å². The summed E-state index contributed by atoms with van der Waals surface area (Å²) < 4.78 is 20.7. The fraction of sp³-hybridized carbons (Fsp3) is 0.690. The maximum Gasteiger partial charge on any atom is 0.411 e. The average molecular weight is 528 g/mol. The second-order valence-corrected chi connectivity index (χ2v) is 12.9. The molecule has 1 aliphatic carbocycles. The summed E-state index contributed by atoms with van der Waals surface area (Å²) in [7, 11) is 0. The molecule has 1 aromatic carbocycles. The number of amides is 2. The number of fused-ring (bicyclic) bond motifs is 2. The fourth-order valence-electron chi connectivity index (χ4n) is 6.04. The van der Waals surface area contributed by atoms with E-state index in [2.05, 4.69) is 42.0 Å². The summed E-state index contributed by atoms with van der Waals surface area (Å²) in [5, 5.41) is 12.6. The number of hydrogen-bond acceptors (Lipinski definition) is 6. The SMILES string of the molecule is CC(C)(C)OC(=O)N1[C@@H]2CC[C@@H](C2)[C@H]1C(=O)N[C@H](C#N)Cc1ccc(N2CCN(C(C)(C)C)CC2)cc1F. The number of carbonyl (C=O) groups excluding carboxylic acids is 2. The third kappa shape index (κ3) is 6.23. The van der Waals surface area contributed by atoms with Gasteiger partial charge in [-0.2, -0.15) is 5.26 Å². The van der Waals surface area contributed by atoms with Gasteiger partial charge in [0.2, 0.25) is 5.91 Å². The monoisotopic (exact) mass is 527 g/mol. The summed E-state index contributed by atoms with van der Waals surface area (Å²) in [6.45, 7) is 15.5.